The minimum atomic E-state index is -0.185. The summed E-state index contributed by atoms with van der Waals surface area (Å²) in [5.41, 5.74) is 3.34. The van der Waals surface area contributed by atoms with Gasteiger partial charge in [0.15, 0.2) is 0 Å². The number of nitrogens with zero attached hydrogens (tertiary/aromatic N) is 2. The van der Waals surface area contributed by atoms with E-state index in [-0.39, 0.29) is 5.82 Å². The highest BCUT2D eigenvalue weighted by Gasteiger charge is 2.21. The lowest BCUT2D eigenvalue weighted by molar-refractivity contribution is 0.164. The molecule has 2 aromatic rings. The second-order valence-electron chi connectivity index (χ2n) is 6.91. The summed E-state index contributed by atoms with van der Waals surface area (Å²) in [4.78, 5) is 6.72. The number of halogens is 1. The molecule has 1 atom stereocenters. The zero-order valence-corrected chi connectivity index (χ0v) is 14.8. The molecule has 26 heavy (non-hydrogen) atoms. The van der Waals surface area contributed by atoms with E-state index in [0.717, 1.165) is 50.5 Å². The standard InChI is InChI=1S/C21H24FN3O/c22-18-5-1-7-20(13-18)25-10-2-6-19(14-25)24-21-12-16(8-9-23-21)17-4-3-11-26-15-17/h1,4-5,7-9,12-13,19H,2-3,6,10-11,14-15H2,(H,23,24)/t19-/m1/s1. The summed E-state index contributed by atoms with van der Waals surface area (Å²) < 4.78 is 19.1. The second-order valence-corrected chi connectivity index (χ2v) is 6.91. The van der Waals surface area contributed by atoms with Crippen LogP contribution in [0, 0.1) is 5.82 Å². The Labute approximate surface area is 153 Å². The molecule has 3 heterocycles. The number of rotatable bonds is 4. The summed E-state index contributed by atoms with van der Waals surface area (Å²) in [6, 6.07) is 11.3. The fraction of sp³-hybridized carbons (Fsp3) is 0.381. The Kier molecular flexibility index (Phi) is 5.16. The van der Waals surface area contributed by atoms with Crippen LogP contribution in [0.25, 0.3) is 5.57 Å². The number of nitrogens with one attached hydrogen (secondary N) is 1. The molecule has 4 rings (SSSR count). The van der Waals surface area contributed by atoms with Crippen LogP contribution in [0.1, 0.15) is 24.8 Å². The van der Waals surface area contributed by atoms with Crippen LogP contribution in [0.4, 0.5) is 15.9 Å². The van der Waals surface area contributed by atoms with E-state index in [9.17, 15) is 4.39 Å². The summed E-state index contributed by atoms with van der Waals surface area (Å²) in [5.74, 6) is 0.704. The first-order valence-corrected chi connectivity index (χ1v) is 9.28. The molecule has 0 spiro atoms. The van der Waals surface area contributed by atoms with Gasteiger partial charge in [0.2, 0.25) is 0 Å². The van der Waals surface area contributed by atoms with E-state index in [0.29, 0.717) is 12.6 Å². The van der Waals surface area contributed by atoms with E-state index in [1.807, 2.05) is 18.3 Å². The van der Waals surface area contributed by atoms with Crippen LogP contribution < -0.4 is 10.2 Å². The quantitative estimate of drug-likeness (QED) is 0.898. The van der Waals surface area contributed by atoms with Crippen molar-refractivity contribution in [2.45, 2.75) is 25.3 Å². The van der Waals surface area contributed by atoms with Crippen LogP contribution >= 0.6 is 0 Å². The van der Waals surface area contributed by atoms with Crippen molar-refractivity contribution in [2.75, 3.05) is 36.5 Å². The average molecular weight is 353 g/mol. The van der Waals surface area contributed by atoms with Gasteiger partial charge in [-0.2, -0.15) is 0 Å². The number of anilines is 2. The molecule has 2 aliphatic heterocycles. The molecule has 0 saturated carbocycles. The summed E-state index contributed by atoms with van der Waals surface area (Å²) in [6.45, 7) is 3.28. The Bertz CT molecular complexity index is 792. The fourth-order valence-corrected chi connectivity index (χ4v) is 3.68. The highest BCUT2D eigenvalue weighted by atomic mass is 19.1. The van der Waals surface area contributed by atoms with Crippen molar-refractivity contribution in [3.8, 4) is 0 Å². The van der Waals surface area contributed by atoms with Crippen molar-refractivity contribution >= 4 is 17.1 Å². The Hall–Kier alpha value is -2.40. The van der Waals surface area contributed by atoms with Gasteiger partial charge in [-0.1, -0.05) is 12.1 Å². The van der Waals surface area contributed by atoms with Gasteiger partial charge in [-0.25, -0.2) is 9.37 Å². The SMILES string of the molecule is Fc1cccc(N2CCC[C@@H](Nc3cc(C4=CCCOC4)ccn3)C2)c1. The largest absolute Gasteiger partial charge is 0.376 e. The van der Waals surface area contributed by atoms with Crippen molar-refractivity contribution in [1.82, 2.24) is 4.98 Å². The predicted molar refractivity (Wildman–Crippen MR) is 103 cm³/mol. The maximum absolute atomic E-state index is 13.5. The van der Waals surface area contributed by atoms with Crippen LogP contribution in [0.3, 0.4) is 0 Å². The summed E-state index contributed by atoms with van der Waals surface area (Å²) in [5, 5.41) is 3.56. The number of aromatic nitrogens is 1. The molecule has 5 heteroatoms. The number of ether oxygens (including phenoxy) is 1. The van der Waals surface area contributed by atoms with Gasteiger partial charge in [-0.3, -0.25) is 0 Å². The molecule has 1 N–H and O–H groups in total. The first kappa shape index (κ1) is 17.0. The number of piperidine rings is 1. The van der Waals surface area contributed by atoms with E-state index in [1.54, 1.807) is 12.1 Å². The van der Waals surface area contributed by atoms with Crippen molar-refractivity contribution in [2.24, 2.45) is 0 Å². The van der Waals surface area contributed by atoms with Gasteiger partial charge in [-0.05, 0) is 60.7 Å². The predicted octanol–water partition coefficient (Wildman–Crippen LogP) is 4.11. The maximum atomic E-state index is 13.5. The van der Waals surface area contributed by atoms with Gasteiger partial charge in [0.25, 0.3) is 0 Å². The number of benzene rings is 1. The van der Waals surface area contributed by atoms with Crippen LogP contribution in [-0.2, 0) is 4.74 Å². The zero-order valence-electron chi connectivity index (χ0n) is 14.8. The topological polar surface area (TPSA) is 37.4 Å². The van der Waals surface area contributed by atoms with Crippen LogP contribution in [0.2, 0.25) is 0 Å². The lowest BCUT2D eigenvalue weighted by Crippen LogP contribution is -2.42. The van der Waals surface area contributed by atoms with Crippen LogP contribution in [0.5, 0.6) is 0 Å². The lowest BCUT2D eigenvalue weighted by atomic mass is 10.0. The van der Waals surface area contributed by atoms with Crippen molar-refractivity contribution in [3.63, 3.8) is 0 Å². The molecule has 1 fully saturated rings. The molecule has 0 bridgehead atoms. The molecule has 0 unspecified atom stereocenters. The fourth-order valence-electron chi connectivity index (χ4n) is 3.68. The number of hydrogen-bond acceptors (Lipinski definition) is 4. The number of pyridine rings is 1. The van der Waals surface area contributed by atoms with Gasteiger partial charge < -0.3 is 15.0 Å². The van der Waals surface area contributed by atoms with Gasteiger partial charge in [0.1, 0.15) is 11.6 Å². The first-order chi connectivity index (χ1) is 12.8. The van der Waals surface area contributed by atoms with Gasteiger partial charge >= 0.3 is 0 Å². The van der Waals surface area contributed by atoms with Crippen molar-refractivity contribution in [1.29, 1.82) is 0 Å². The summed E-state index contributed by atoms with van der Waals surface area (Å²) in [6.07, 6.45) is 7.22. The summed E-state index contributed by atoms with van der Waals surface area (Å²) >= 11 is 0. The number of hydrogen-bond donors (Lipinski definition) is 1. The minimum Gasteiger partial charge on any atom is -0.376 e. The molecular weight excluding hydrogens is 329 g/mol. The highest BCUT2D eigenvalue weighted by molar-refractivity contribution is 5.68. The second kappa shape index (κ2) is 7.87. The minimum absolute atomic E-state index is 0.185. The average Bonchev–Trinajstić information content (AvgIpc) is 2.69. The zero-order chi connectivity index (χ0) is 17.8. The third-order valence-electron chi connectivity index (χ3n) is 4.99. The van der Waals surface area contributed by atoms with E-state index in [1.165, 1.54) is 17.2 Å². The molecule has 136 valence electrons. The molecule has 1 aromatic carbocycles. The molecule has 1 saturated heterocycles. The van der Waals surface area contributed by atoms with Crippen LogP contribution in [0.15, 0.2) is 48.7 Å². The smallest absolute Gasteiger partial charge is 0.126 e. The molecule has 0 radical (unpaired) electrons. The third kappa shape index (κ3) is 4.05. The molecule has 2 aliphatic rings. The molecule has 0 aliphatic carbocycles. The Morgan fingerprint density at radius 3 is 3.04 bits per heavy atom. The van der Waals surface area contributed by atoms with Gasteiger partial charge in [0.05, 0.1) is 13.2 Å². The van der Waals surface area contributed by atoms with Crippen molar-refractivity contribution < 1.29 is 9.13 Å². The molecular formula is C21H24FN3O. The molecule has 0 amide bonds. The summed E-state index contributed by atoms with van der Waals surface area (Å²) in [7, 11) is 0. The van der Waals surface area contributed by atoms with E-state index in [4.69, 9.17) is 4.74 Å². The van der Waals surface area contributed by atoms with E-state index < -0.39 is 0 Å². The van der Waals surface area contributed by atoms with E-state index >= 15 is 0 Å². The Morgan fingerprint density at radius 2 is 2.19 bits per heavy atom. The van der Waals surface area contributed by atoms with Crippen molar-refractivity contribution in [3.05, 3.63) is 60.1 Å². The van der Waals surface area contributed by atoms with Gasteiger partial charge in [-0.15, -0.1) is 0 Å². The van der Waals surface area contributed by atoms with Crippen LogP contribution in [-0.4, -0.2) is 37.3 Å². The lowest BCUT2D eigenvalue weighted by Gasteiger charge is -2.35. The molecule has 4 nitrogen and oxygen atoms in total. The first-order valence-electron chi connectivity index (χ1n) is 9.28. The highest BCUT2D eigenvalue weighted by Crippen LogP contribution is 2.24. The van der Waals surface area contributed by atoms with E-state index in [2.05, 4.69) is 27.3 Å². The maximum Gasteiger partial charge on any atom is 0.126 e. The normalized spacial score (nSPS) is 20.6. The monoisotopic (exact) mass is 353 g/mol. The van der Waals surface area contributed by atoms with Gasteiger partial charge in [0, 0.05) is 31.0 Å². The third-order valence-corrected chi connectivity index (χ3v) is 4.99. The molecule has 1 aromatic heterocycles. The Balaban J connectivity index is 1.44. The Morgan fingerprint density at radius 1 is 1.23 bits per heavy atom.